The Balaban J connectivity index is 1.76. The molecule has 0 saturated carbocycles. The number of amides is 1. The molecule has 0 aliphatic carbocycles. The zero-order chi connectivity index (χ0) is 17.3. The summed E-state index contributed by atoms with van der Waals surface area (Å²) in [6.45, 7) is 1.79. The molecule has 0 aliphatic heterocycles. The largest absolute Gasteiger partial charge is 0.451 e. The zero-order valence-electron chi connectivity index (χ0n) is 12.7. The molecule has 2 aromatic carbocycles. The van der Waals surface area contributed by atoms with Gasteiger partial charge in [0, 0.05) is 22.5 Å². The number of nitrogens with one attached hydrogen (secondary N) is 1. The topological polar surface area (TPSA) is 85.4 Å². The molecular weight excluding hydrogens is 332 g/mol. The SMILES string of the molecule is C[C@@H](NC(=O)c1cc2cc(Cl)ccc2o1)c1ccc([N+](=O)[O-])cc1. The summed E-state index contributed by atoms with van der Waals surface area (Å²) in [5.74, 6) is -0.186. The molecule has 0 unspecified atom stereocenters. The van der Waals surface area contributed by atoms with E-state index < -0.39 is 4.92 Å². The van der Waals surface area contributed by atoms with Crippen LogP contribution >= 0.6 is 11.6 Å². The Bertz CT molecular complexity index is 918. The van der Waals surface area contributed by atoms with E-state index in [-0.39, 0.29) is 23.4 Å². The zero-order valence-corrected chi connectivity index (χ0v) is 13.4. The van der Waals surface area contributed by atoms with Crippen molar-refractivity contribution in [3.8, 4) is 0 Å². The van der Waals surface area contributed by atoms with Crippen LogP contribution < -0.4 is 5.32 Å². The van der Waals surface area contributed by atoms with Gasteiger partial charge in [0.15, 0.2) is 5.76 Å². The average molecular weight is 345 g/mol. The Morgan fingerprint density at radius 2 is 1.92 bits per heavy atom. The van der Waals surface area contributed by atoms with Crippen molar-refractivity contribution in [1.82, 2.24) is 5.32 Å². The molecule has 6 nitrogen and oxygen atoms in total. The van der Waals surface area contributed by atoms with Gasteiger partial charge in [-0.1, -0.05) is 23.7 Å². The molecule has 3 rings (SSSR count). The molecule has 1 amide bonds. The quantitative estimate of drug-likeness (QED) is 0.558. The summed E-state index contributed by atoms with van der Waals surface area (Å²) in [7, 11) is 0. The number of nitrogens with zero attached hydrogens (tertiary/aromatic N) is 1. The van der Waals surface area contributed by atoms with Crippen LogP contribution in [-0.4, -0.2) is 10.8 Å². The molecule has 24 heavy (non-hydrogen) atoms. The Kier molecular flexibility index (Phi) is 4.22. The van der Waals surface area contributed by atoms with Crippen molar-refractivity contribution >= 4 is 34.2 Å². The molecule has 7 heteroatoms. The van der Waals surface area contributed by atoms with E-state index >= 15 is 0 Å². The summed E-state index contributed by atoms with van der Waals surface area (Å²) < 4.78 is 5.51. The predicted octanol–water partition coefficient (Wildman–Crippen LogP) is 4.49. The van der Waals surface area contributed by atoms with Crippen molar-refractivity contribution in [2.24, 2.45) is 0 Å². The highest BCUT2D eigenvalue weighted by Crippen LogP contribution is 2.24. The highest BCUT2D eigenvalue weighted by atomic mass is 35.5. The van der Waals surface area contributed by atoms with Crippen molar-refractivity contribution in [3.05, 3.63) is 75.0 Å². The minimum Gasteiger partial charge on any atom is -0.451 e. The minimum atomic E-state index is -0.466. The summed E-state index contributed by atoms with van der Waals surface area (Å²) in [6, 6.07) is 12.4. The highest BCUT2D eigenvalue weighted by Gasteiger charge is 2.16. The van der Waals surface area contributed by atoms with Gasteiger partial charge in [0.1, 0.15) is 5.58 Å². The number of carbonyl (C=O) groups is 1. The third kappa shape index (κ3) is 3.23. The molecule has 0 fully saturated rings. The van der Waals surface area contributed by atoms with Crippen LogP contribution in [0, 0.1) is 10.1 Å². The van der Waals surface area contributed by atoms with Crippen LogP contribution in [0.1, 0.15) is 29.1 Å². The standard InChI is InChI=1S/C17H13ClN2O4/c1-10(11-2-5-14(6-3-11)20(22)23)19-17(21)16-9-12-8-13(18)4-7-15(12)24-16/h2-10H,1H3,(H,19,21)/t10-/m1/s1. The van der Waals surface area contributed by atoms with Crippen molar-refractivity contribution in [2.75, 3.05) is 0 Å². The average Bonchev–Trinajstić information content (AvgIpc) is 2.98. The van der Waals surface area contributed by atoms with Gasteiger partial charge in [0.2, 0.25) is 0 Å². The van der Waals surface area contributed by atoms with E-state index in [1.165, 1.54) is 12.1 Å². The Labute approximate surface area is 142 Å². The van der Waals surface area contributed by atoms with Gasteiger partial charge in [0.25, 0.3) is 11.6 Å². The van der Waals surface area contributed by atoms with E-state index in [0.717, 1.165) is 10.9 Å². The van der Waals surface area contributed by atoms with Gasteiger partial charge in [-0.15, -0.1) is 0 Å². The number of fused-ring (bicyclic) bond motifs is 1. The summed E-state index contributed by atoms with van der Waals surface area (Å²) in [4.78, 5) is 22.5. The fourth-order valence-electron chi connectivity index (χ4n) is 2.36. The van der Waals surface area contributed by atoms with Crippen molar-refractivity contribution in [2.45, 2.75) is 13.0 Å². The monoisotopic (exact) mass is 344 g/mol. The highest BCUT2D eigenvalue weighted by molar-refractivity contribution is 6.31. The van der Waals surface area contributed by atoms with Gasteiger partial charge in [0.05, 0.1) is 11.0 Å². The van der Waals surface area contributed by atoms with Crippen LogP contribution in [0.2, 0.25) is 5.02 Å². The third-order valence-corrected chi connectivity index (χ3v) is 3.89. The molecule has 1 heterocycles. The maximum Gasteiger partial charge on any atom is 0.287 e. The summed E-state index contributed by atoms with van der Waals surface area (Å²) in [5.41, 5.74) is 1.34. The maximum atomic E-state index is 12.3. The second-order valence-electron chi connectivity index (χ2n) is 5.34. The predicted molar refractivity (Wildman–Crippen MR) is 90.2 cm³/mol. The van der Waals surface area contributed by atoms with Gasteiger partial charge in [-0.05, 0) is 36.8 Å². The van der Waals surface area contributed by atoms with Crippen LogP contribution in [-0.2, 0) is 0 Å². The molecule has 0 radical (unpaired) electrons. The first kappa shape index (κ1) is 16.0. The number of carbonyl (C=O) groups excluding carboxylic acids is 1. The lowest BCUT2D eigenvalue weighted by Gasteiger charge is -2.13. The molecule has 0 aliphatic rings. The molecule has 1 N–H and O–H groups in total. The summed E-state index contributed by atoms with van der Waals surface area (Å²) in [6.07, 6.45) is 0. The number of rotatable bonds is 4. The first-order valence-corrected chi connectivity index (χ1v) is 7.56. The Hall–Kier alpha value is -2.86. The first-order valence-electron chi connectivity index (χ1n) is 7.18. The van der Waals surface area contributed by atoms with Crippen LogP contribution in [0.3, 0.4) is 0 Å². The number of benzene rings is 2. The van der Waals surface area contributed by atoms with Crippen molar-refractivity contribution < 1.29 is 14.1 Å². The second kappa shape index (κ2) is 6.33. The third-order valence-electron chi connectivity index (χ3n) is 3.65. The van der Waals surface area contributed by atoms with Gasteiger partial charge < -0.3 is 9.73 Å². The normalized spacial score (nSPS) is 12.1. The van der Waals surface area contributed by atoms with Crippen molar-refractivity contribution in [3.63, 3.8) is 0 Å². The van der Waals surface area contributed by atoms with Crippen LogP contribution in [0.5, 0.6) is 0 Å². The minimum absolute atomic E-state index is 0.00596. The smallest absolute Gasteiger partial charge is 0.287 e. The Morgan fingerprint density at radius 1 is 1.21 bits per heavy atom. The number of furan rings is 1. The number of hydrogen-bond donors (Lipinski definition) is 1. The molecule has 1 aromatic heterocycles. The van der Waals surface area contributed by atoms with Crippen LogP contribution in [0.15, 0.2) is 52.9 Å². The molecule has 3 aromatic rings. The van der Waals surface area contributed by atoms with E-state index in [4.69, 9.17) is 16.0 Å². The van der Waals surface area contributed by atoms with Gasteiger partial charge in [-0.3, -0.25) is 14.9 Å². The number of hydrogen-bond acceptors (Lipinski definition) is 4. The lowest BCUT2D eigenvalue weighted by Crippen LogP contribution is -2.26. The molecule has 0 spiro atoms. The number of halogens is 1. The van der Waals surface area contributed by atoms with Crippen molar-refractivity contribution in [1.29, 1.82) is 0 Å². The molecular formula is C17H13ClN2O4. The first-order chi connectivity index (χ1) is 11.4. The number of nitro groups is 1. The molecule has 0 saturated heterocycles. The maximum absolute atomic E-state index is 12.3. The molecule has 1 atom stereocenters. The molecule has 122 valence electrons. The lowest BCUT2D eigenvalue weighted by molar-refractivity contribution is -0.384. The van der Waals surface area contributed by atoms with E-state index in [1.54, 1.807) is 43.3 Å². The number of nitro benzene ring substituents is 1. The van der Waals surface area contributed by atoms with E-state index in [9.17, 15) is 14.9 Å². The summed E-state index contributed by atoms with van der Waals surface area (Å²) in [5, 5.41) is 14.8. The van der Waals surface area contributed by atoms with E-state index in [0.29, 0.717) is 10.6 Å². The second-order valence-corrected chi connectivity index (χ2v) is 5.77. The van der Waals surface area contributed by atoms with Crippen LogP contribution in [0.25, 0.3) is 11.0 Å². The van der Waals surface area contributed by atoms with E-state index in [1.807, 2.05) is 0 Å². The van der Waals surface area contributed by atoms with Gasteiger partial charge >= 0.3 is 0 Å². The summed E-state index contributed by atoms with van der Waals surface area (Å²) >= 11 is 5.92. The van der Waals surface area contributed by atoms with E-state index in [2.05, 4.69) is 5.32 Å². The fraction of sp³-hybridized carbons (Fsp3) is 0.118. The number of non-ortho nitro benzene ring substituents is 1. The van der Waals surface area contributed by atoms with Gasteiger partial charge in [-0.25, -0.2) is 0 Å². The molecule has 0 bridgehead atoms. The lowest BCUT2D eigenvalue weighted by atomic mass is 10.1. The van der Waals surface area contributed by atoms with Crippen LogP contribution in [0.4, 0.5) is 5.69 Å². The fourth-order valence-corrected chi connectivity index (χ4v) is 2.54. The van der Waals surface area contributed by atoms with Gasteiger partial charge in [-0.2, -0.15) is 0 Å². The Morgan fingerprint density at radius 3 is 2.58 bits per heavy atom.